The molecule has 27 heavy (non-hydrogen) atoms. The Hall–Kier alpha value is -2.09. The average molecular weight is 365 g/mol. The van der Waals surface area contributed by atoms with Crippen molar-refractivity contribution in [3.63, 3.8) is 0 Å². The zero-order valence-electron chi connectivity index (χ0n) is 17.8. The van der Waals surface area contributed by atoms with Crippen molar-refractivity contribution in [3.8, 4) is 16.9 Å². The number of ether oxygens (including phenoxy) is 1. The highest BCUT2D eigenvalue weighted by atomic mass is 16.5. The summed E-state index contributed by atoms with van der Waals surface area (Å²) in [5, 5.41) is 0. The molecule has 0 atom stereocenters. The van der Waals surface area contributed by atoms with E-state index >= 15 is 0 Å². The molecule has 1 aliphatic carbocycles. The minimum Gasteiger partial charge on any atom is -0.490 e. The molecule has 0 aliphatic heterocycles. The van der Waals surface area contributed by atoms with Crippen molar-refractivity contribution in [1.82, 2.24) is 0 Å². The van der Waals surface area contributed by atoms with Gasteiger partial charge in [0.05, 0.1) is 6.10 Å². The smallest absolute Gasteiger partial charge is 0.150 e. The second kappa shape index (κ2) is 6.82. The largest absolute Gasteiger partial charge is 0.490 e. The molecule has 0 unspecified atom stereocenters. The van der Waals surface area contributed by atoms with Crippen LogP contribution in [0.3, 0.4) is 0 Å². The first-order valence-electron chi connectivity index (χ1n) is 9.97. The Kier molecular flexibility index (Phi) is 4.96. The molecule has 144 valence electrons. The lowest BCUT2D eigenvalue weighted by molar-refractivity contribution is 0.112. The molecule has 0 bridgehead atoms. The van der Waals surface area contributed by atoms with Crippen LogP contribution in [0, 0.1) is 6.92 Å². The van der Waals surface area contributed by atoms with Gasteiger partial charge in [-0.1, -0.05) is 33.8 Å². The minimum absolute atomic E-state index is 0.0825. The van der Waals surface area contributed by atoms with E-state index in [2.05, 4.69) is 46.8 Å². The van der Waals surface area contributed by atoms with Crippen LogP contribution in [0.15, 0.2) is 30.3 Å². The predicted molar refractivity (Wildman–Crippen MR) is 113 cm³/mol. The Bertz CT molecular complexity index is 872. The lowest BCUT2D eigenvalue weighted by atomic mass is 9.62. The molecule has 0 aromatic heterocycles. The summed E-state index contributed by atoms with van der Waals surface area (Å²) in [7, 11) is 0. The quantitative estimate of drug-likeness (QED) is 0.571. The first-order chi connectivity index (χ1) is 12.5. The molecule has 2 nitrogen and oxygen atoms in total. The number of benzene rings is 2. The Morgan fingerprint density at radius 2 is 1.52 bits per heavy atom. The van der Waals surface area contributed by atoms with Crippen LogP contribution in [0.1, 0.15) is 81.4 Å². The van der Waals surface area contributed by atoms with Gasteiger partial charge >= 0.3 is 0 Å². The van der Waals surface area contributed by atoms with Crippen molar-refractivity contribution in [3.05, 3.63) is 52.6 Å². The maximum atomic E-state index is 11.4. The molecular weight excluding hydrogens is 332 g/mol. The van der Waals surface area contributed by atoms with E-state index in [1.54, 1.807) is 0 Å². The summed E-state index contributed by atoms with van der Waals surface area (Å²) >= 11 is 0. The highest BCUT2D eigenvalue weighted by Gasteiger charge is 2.37. The molecule has 1 aliphatic rings. The summed E-state index contributed by atoms with van der Waals surface area (Å²) in [5.41, 5.74) is 7.30. The second-order valence-corrected chi connectivity index (χ2v) is 9.52. The molecule has 2 heteroatoms. The molecule has 0 heterocycles. The van der Waals surface area contributed by atoms with E-state index in [0.29, 0.717) is 5.56 Å². The van der Waals surface area contributed by atoms with Crippen molar-refractivity contribution < 1.29 is 9.53 Å². The third kappa shape index (κ3) is 3.67. The van der Waals surface area contributed by atoms with Crippen LogP contribution in [0.25, 0.3) is 11.1 Å². The number of fused-ring (bicyclic) bond motifs is 1. The van der Waals surface area contributed by atoms with Crippen molar-refractivity contribution in [2.24, 2.45) is 0 Å². The summed E-state index contributed by atoms with van der Waals surface area (Å²) in [6.07, 6.45) is 3.37. The van der Waals surface area contributed by atoms with Gasteiger partial charge in [0.15, 0.2) is 0 Å². The van der Waals surface area contributed by atoms with Gasteiger partial charge in [0.1, 0.15) is 12.0 Å². The van der Waals surface area contributed by atoms with Crippen LogP contribution in [0.4, 0.5) is 0 Å². The first kappa shape index (κ1) is 19.7. The third-order valence-electron chi connectivity index (χ3n) is 5.99. The molecule has 0 fully saturated rings. The fourth-order valence-corrected chi connectivity index (χ4v) is 4.20. The van der Waals surface area contributed by atoms with Gasteiger partial charge in [0, 0.05) is 11.1 Å². The van der Waals surface area contributed by atoms with E-state index in [4.69, 9.17) is 4.74 Å². The van der Waals surface area contributed by atoms with E-state index < -0.39 is 0 Å². The maximum absolute atomic E-state index is 11.4. The van der Waals surface area contributed by atoms with Crippen molar-refractivity contribution in [2.75, 3.05) is 0 Å². The molecule has 2 aromatic carbocycles. The summed E-state index contributed by atoms with van der Waals surface area (Å²) in [5.74, 6) is 0.839. The number of aryl methyl sites for hydroxylation is 1. The number of hydrogen-bond acceptors (Lipinski definition) is 2. The topological polar surface area (TPSA) is 26.3 Å². The molecular formula is C25H32O2. The zero-order chi connectivity index (χ0) is 20.0. The van der Waals surface area contributed by atoms with Crippen LogP contribution in [-0.4, -0.2) is 12.4 Å². The highest BCUT2D eigenvalue weighted by molar-refractivity contribution is 5.83. The molecule has 0 N–H and O–H groups in total. The molecule has 0 spiro atoms. The maximum Gasteiger partial charge on any atom is 0.150 e. The standard InChI is InChI=1S/C25H32O2/c1-16(2)27-23-9-8-18(15-26)13-20(23)19-14-22-21(12-17(19)3)24(4,5)10-11-25(22,6)7/h8-9,12-16H,10-11H2,1-7H3. The monoisotopic (exact) mass is 364 g/mol. The minimum atomic E-state index is 0.0825. The van der Waals surface area contributed by atoms with Gasteiger partial charge in [0.25, 0.3) is 0 Å². The van der Waals surface area contributed by atoms with Gasteiger partial charge in [-0.15, -0.1) is 0 Å². The number of rotatable bonds is 4. The number of carbonyl (C=O) groups is 1. The number of hydrogen-bond donors (Lipinski definition) is 0. The molecule has 0 saturated heterocycles. The second-order valence-electron chi connectivity index (χ2n) is 9.52. The van der Waals surface area contributed by atoms with E-state index in [1.807, 2.05) is 32.0 Å². The normalized spacial score (nSPS) is 17.5. The van der Waals surface area contributed by atoms with Crippen LogP contribution in [0.2, 0.25) is 0 Å². The van der Waals surface area contributed by atoms with Gasteiger partial charge in [-0.2, -0.15) is 0 Å². The summed E-state index contributed by atoms with van der Waals surface area (Å²) in [6, 6.07) is 10.4. The van der Waals surface area contributed by atoms with E-state index in [9.17, 15) is 4.79 Å². The Labute approximate surface area is 164 Å². The Morgan fingerprint density at radius 3 is 2.07 bits per heavy atom. The molecule has 0 amide bonds. The molecule has 0 radical (unpaired) electrons. The van der Waals surface area contributed by atoms with E-state index in [1.165, 1.54) is 35.1 Å². The number of carbonyl (C=O) groups excluding carboxylic acids is 1. The van der Waals surface area contributed by atoms with Gasteiger partial charge < -0.3 is 4.74 Å². The summed E-state index contributed by atoms with van der Waals surface area (Å²) < 4.78 is 6.08. The molecule has 0 saturated carbocycles. The average Bonchev–Trinajstić information content (AvgIpc) is 2.59. The molecule has 3 rings (SSSR count). The van der Waals surface area contributed by atoms with Crippen LogP contribution < -0.4 is 4.74 Å². The summed E-state index contributed by atoms with van der Waals surface area (Å²) in [6.45, 7) is 15.6. The fraction of sp³-hybridized carbons (Fsp3) is 0.480. The van der Waals surface area contributed by atoms with E-state index in [0.717, 1.165) is 17.6 Å². The number of aldehydes is 1. The van der Waals surface area contributed by atoms with Crippen LogP contribution in [0.5, 0.6) is 5.75 Å². The fourth-order valence-electron chi connectivity index (χ4n) is 4.20. The highest BCUT2D eigenvalue weighted by Crippen LogP contribution is 2.48. The predicted octanol–water partition coefficient (Wildman–Crippen LogP) is 6.61. The molecule has 2 aromatic rings. The SMILES string of the molecule is Cc1cc2c(cc1-c1cc(C=O)ccc1OC(C)C)C(C)(C)CCC2(C)C. The van der Waals surface area contributed by atoms with Crippen molar-refractivity contribution in [1.29, 1.82) is 0 Å². The van der Waals surface area contributed by atoms with Gasteiger partial charge in [-0.3, -0.25) is 4.79 Å². The van der Waals surface area contributed by atoms with Crippen molar-refractivity contribution >= 4 is 6.29 Å². The Morgan fingerprint density at radius 1 is 0.926 bits per heavy atom. The zero-order valence-corrected chi connectivity index (χ0v) is 17.8. The Balaban J connectivity index is 2.26. The van der Waals surface area contributed by atoms with Crippen LogP contribution in [-0.2, 0) is 10.8 Å². The van der Waals surface area contributed by atoms with Gasteiger partial charge in [0.2, 0.25) is 0 Å². The van der Waals surface area contributed by atoms with Gasteiger partial charge in [-0.05, 0) is 91.0 Å². The summed E-state index contributed by atoms with van der Waals surface area (Å²) in [4.78, 5) is 11.4. The lowest BCUT2D eigenvalue weighted by Crippen LogP contribution is -2.34. The third-order valence-corrected chi connectivity index (χ3v) is 5.99. The first-order valence-corrected chi connectivity index (χ1v) is 9.97. The van der Waals surface area contributed by atoms with E-state index in [-0.39, 0.29) is 16.9 Å². The lowest BCUT2D eigenvalue weighted by Gasteiger charge is -2.42. The van der Waals surface area contributed by atoms with Crippen LogP contribution >= 0.6 is 0 Å². The van der Waals surface area contributed by atoms with Crippen molar-refractivity contribution in [2.45, 2.75) is 78.2 Å². The van der Waals surface area contributed by atoms with Gasteiger partial charge in [-0.25, -0.2) is 0 Å².